The summed E-state index contributed by atoms with van der Waals surface area (Å²) >= 11 is 0. The summed E-state index contributed by atoms with van der Waals surface area (Å²) in [6.45, 7) is 6.31. The molecule has 0 radical (unpaired) electrons. The fraction of sp³-hybridized carbons (Fsp3) is 0.160. The zero-order valence-corrected chi connectivity index (χ0v) is 17.6. The highest BCUT2D eigenvalue weighted by molar-refractivity contribution is 6.12. The second-order valence-electron chi connectivity index (χ2n) is 8.16. The van der Waals surface area contributed by atoms with Crippen LogP contribution in [0.1, 0.15) is 57.4 Å². The van der Waals surface area contributed by atoms with Crippen molar-refractivity contribution in [2.24, 2.45) is 0 Å². The van der Waals surface area contributed by atoms with Crippen LogP contribution in [0, 0.1) is 0 Å². The van der Waals surface area contributed by atoms with Gasteiger partial charge in [-0.2, -0.15) is 0 Å². The van der Waals surface area contributed by atoms with Crippen molar-refractivity contribution < 1.29 is 19.5 Å². The number of hydrogen-bond donors (Lipinski definition) is 3. The van der Waals surface area contributed by atoms with Crippen LogP contribution in [0.2, 0.25) is 0 Å². The highest BCUT2D eigenvalue weighted by Gasteiger charge is 2.17. The molecule has 0 bridgehead atoms. The minimum absolute atomic E-state index is 0.0115. The number of rotatable bonds is 5. The molecule has 0 spiro atoms. The van der Waals surface area contributed by atoms with Gasteiger partial charge in [-0.15, -0.1) is 0 Å². The number of amides is 2. The first-order chi connectivity index (χ1) is 14.6. The lowest BCUT2D eigenvalue weighted by atomic mass is 9.86. The van der Waals surface area contributed by atoms with Crippen LogP contribution in [-0.4, -0.2) is 22.9 Å². The van der Waals surface area contributed by atoms with E-state index in [-0.39, 0.29) is 16.9 Å². The van der Waals surface area contributed by atoms with Gasteiger partial charge in [-0.1, -0.05) is 45.0 Å². The van der Waals surface area contributed by atoms with E-state index in [4.69, 9.17) is 5.11 Å². The summed E-state index contributed by atoms with van der Waals surface area (Å²) in [5, 5.41) is 14.5. The minimum atomic E-state index is -1.04. The number of aromatic carboxylic acids is 1. The molecule has 31 heavy (non-hydrogen) atoms. The lowest BCUT2D eigenvalue weighted by Gasteiger charge is -2.19. The van der Waals surface area contributed by atoms with Gasteiger partial charge in [0.15, 0.2) is 0 Å². The summed E-state index contributed by atoms with van der Waals surface area (Å²) in [6.07, 6.45) is 0. The van der Waals surface area contributed by atoms with Crippen molar-refractivity contribution in [3.63, 3.8) is 0 Å². The van der Waals surface area contributed by atoms with Crippen LogP contribution < -0.4 is 10.6 Å². The molecule has 0 aliphatic carbocycles. The maximum absolute atomic E-state index is 12.7. The third-order valence-corrected chi connectivity index (χ3v) is 4.82. The number of carboxylic acid groups (broad SMARTS) is 1. The zero-order valence-electron chi connectivity index (χ0n) is 17.6. The molecule has 3 aromatic carbocycles. The van der Waals surface area contributed by atoms with Crippen LogP contribution in [0.4, 0.5) is 11.4 Å². The molecule has 0 unspecified atom stereocenters. The van der Waals surface area contributed by atoms with Crippen molar-refractivity contribution in [3.8, 4) is 0 Å². The molecular weight excluding hydrogens is 392 g/mol. The quantitative estimate of drug-likeness (QED) is 0.534. The van der Waals surface area contributed by atoms with Crippen molar-refractivity contribution in [1.82, 2.24) is 0 Å². The molecule has 0 fully saturated rings. The Morgan fingerprint density at radius 3 is 1.87 bits per heavy atom. The van der Waals surface area contributed by atoms with Gasteiger partial charge >= 0.3 is 5.97 Å². The van der Waals surface area contributed by atoms with E-state index in [9.17, 15) is 14.4 Å². The molecule has 0 heterocycles. The van der Waals surface area contributed by atoms with Crippen LogP contribution in [0.25, 0.3) is 0 Å². The molecule has 0 aliphatic heterocycles. The molecule has 0 saturated heterocycles. The molecule has 0 saturated carbocycles. The summed E-state index contributed by atoms with van der Waals surface area (Å²) in [5.41, 5.74) is 2.86. The van der Waals surface area contributed by atoms with Gasteiger partial charge in [0.1, 0.15) is 0 Å². The second kappa shape index (κ2) is 8.83. The molecule has 6 heteroatoms. The molecule has 2 amide bonds. The number of carbonyl (C=O) groups is 3. The van der Waals surface area contributed by atoms with Gasteiger partial charge in [-0.25, -0.2) is 4.79 Å². The Bertz CT molecular complexity index is 1110. The number of para-hydroxylation sites is 1. The minimum Gasteiger partial charge on any atom is -0.478 e. The Labute approximate surface area is 180 Å². The van der Waals surface area contributed by atoms with Crippen LogP contribution in [0.3, 0.4) is 0 Å². The molecule has 3 aromatic rings. The standard InChI is InChI=1S/C25H24N2O4/c1-25(2,3)18-12-8-16(9-13-18)22(28)27-21-7-5-4-6-20(21)23(29)26-19-14-10-17(11-15-19)24(30)31/h4-15H,1-3H3,(H,26,29)(H,27,28)(H,30,31). The van der Waals surface area contributed by atoms with E-state index in [2.05, 4.69) is 31.4 Å². The lowest BCUT2D eigenvalue weighted by Crippen LogP contribution is -2.18. The Morgan fingerprint density at radius 1 is 0.710 bits per heavy atom. The van der Waals surface area contributed by atoms with Crippen molar-refractivity contribution in [1.29, 1.82) is 0 Å². The zero-order chi connectivity index (χ0) is 22.6. The third kappa shape index (κ3) is 5.36. The average Bonchev–Trinajstić information content (AvgIpc) is 2.74. The third-order valence-electron chi connectivity index (χ3n) is 4.82. The van der Waals surface area contributed by atoms with E-state index in [0.29, 0.717) is 22.5 Å². The van der Waals surface area contributed by atoms with Crippen molar-refractivity contribution in [2.45, 2.75) is 26.2 Å². The number of carboxylic acids is 1. The molecule has 0 aliphatic rings. The second-order valence-corrected chi connectivity index (χ2v) is 8.16. The Balaban J connectivity index is 1.75. The Hall–Kier alpha value is -3.93. The van der Waals surface area contributed by atoms with E-state index < -0.39 is 11.9 Å². The van der Waals surface area contributed by atoms with E-state index in [0.717, 1.165) is 5.56 Å². The summed E-state index contributed by atoms with van der Waals surface area (Å²) in [7, 11) is 0. The van der Waals surface area contributed by atoms with E-state index in [1.165, 1.54) is 24.3 Å². The van der Waals surface area contributed by atoms with Crippen LogP contribution in [0.5, 0.6) is 0 Å². The van der Waals surface area contributed by atoms with Crippen molar-refractivity contribution in [3.05, 3.63) is 95.1 Å². The number of benzene rings is 3. The topological polar surface area (TPSA) is 95.5 Å². The highest BCUT2D eigenvalue weighted by Crippen LogP contribution is 2.23. The first kappa shape index (κ1) is 21.8. The van der Waals surface area contributed by atoms with Gasteiger partial charge in [0.2, 0.25) is 0 Å². The van der Waals surface area contributed by atoms with Crippen LogP contribution >= 0.6 is 0 Å². The molecule has 158 valence electrons. The van der Waals surface area contributed by atoms with E-state index >= 15 is 0 Å². The van der Waals surface area contributed by atoms with E-state index in [1.54, 1.807) is 36.4 Å². The molecule has 0 atom stereocenters. The first-order valence-corrected chi connectivity index (χ1v) is 9.81. The van der Waals surface area contributed by atoms with Crippen LogP contribution in [0.15, 0.2) is 72.8 Å². The fourth-order valence-corrected chi connectivity index (χ4v) is 3.00. The predicted molar refractivity (Wildman–Crippen MR) is 121 cm³/mol. The molecule has 3 rings (SSSR count). The Morgan fingerprint density at radius 2 is 1.29 bits per heavy atom. The maximum Gasteiger partial charge on any atom is 0.335 e. The summed E-state index contributed by atoms with van der Waals surface area (Å²) in [6, 6.07) is 19.9. The first-order valence-electron chi connectivity index (χ1n) is 9.81. The van der Waals surface area contributed by atoms with Gasteiger partial charge in [0.25, 0.3) is 11.8 Å². The largest absolute Gasteiger partial charge is 0.478 e. The number of hydrogen-bond acceptors (Lipinski definition) is 3. The number of anilines is 2. The smallest absolute Gasteiger partial charge is 0.335 e. The monoisotopic (exact) mass is 416 g/mol. The maximum atomic E-state index is 12.7. The fourth-order valence-electron chi connectivity index (χ4n) is 3.00. The van der Waals surface area contributed by atoms with Gasteiger partial charge in [-0.3, -0.25) is 9.59 Å². The molecule has 3 N–H and O–H groups in total. The lowest BCUT2D eigenvalue weighted by molar-refractivity contribution is 0.0696. The predicted octanol–water partition coefficient (Wildman–Crippen LogP) is 5.19. The summed E-state index contributed by atoms with van der Waals surface area (Å²) < 4.78 is 0. The van der Waals surface area contributed by atoms with Gasteiger partial charge < -0.3 is 15.7 Å². The van der Waals surface area contributed by atoms with Gasteiger partial charge in [0.05, 0.1) is 16.8 Å². The van der Waals surface area contributed by atoms with Gasteiger partial charge in [0, 0.05) is 11.3 Å². The van der Waals surface area contributed by atoms with E-state index in [1.807, 2.05) is 12.1 Å². The molecule has 0 aromatic heterocycles. The van der Waals surface area contributed by atoms with Crippen molar-refractivity contribution in [2.75, 3.05) is 10.6 Å². The molecular formula is C25H24N2O4. The normalized spacial score (nSPS) is 10.9. The average molecular weight is 416 g/mol. The summed E-state index contributed by atoms with van der Waals surface area (Å²) in [5.74, 6) is -1.77. The molecule has 6 nitrogen and oxygen atoms in total. The Kier molecular flexibility index (Phi) is 6.20. The number of nitrogens with one attached hydrogen (secondary N) is 2. The summed E-state index contributed by atoms with van der Waals surface area (Å²) in [4.78, 5) is 36.4. The van der Waals surface area contributed by atoms with Gasteiger partial charge in [-0.05, 0) is 59.5 Å². The highest BCUT2D eigenvalue weighted by atomic mass is 16.4. The SMILES string of the molecule is CC(C)(C)c1ccc(C(=O)Nc2ccccc2C(=O)Nc2ccc(C(=O)O)cc2)cc1. The van der Waals surface area contributed by atoms with Crippen LogP contribution in [-0.2, 0) is 5.41 Å². The van der Waals surface area contributed by atoms with Crippen molar-refractivity contribution >= 4 is 29.2 Å². The number of carbonyl (C=O) groups excluding carboxylic acids is 2.